The summed E-state index contributed by atoms with van der Waals surface area (Å²) in [6.45, 7) is 3.40. The van der Waals surface area contributed by atoms with E-state index in [-0.39, 0.29) is 11.8 Å². The van der Waals surface area contributed by atoms with Crippen LogP contribution in [0.3, 0.4) is 0 Å². The molecule has 0 spiro atoms. The molecule has 1 aliphatic heterocycles. The van der Waals surface area contributed by atoms with Crippen molar-refractivity contribution in [1.29, 1.82) is 0 Å². The van der Waals surface area contributed by atoms with Crippen LogP contribution in [0, 0.1) is 6.92 Å². The molecule has 0 bridgehead atoms. The molecule has 0 N–H and O–H groups in total. The third-order valence-electron chi connectivity index (χ3n) is 4.68. The highest BCUT2D eigenvalue weighted by Crippen LogP contribution is 2.27. The first kappa shape index (κ1) is 16.9. The van der Waals surface area contributed by atoms with E-state index in [1.165, 1.54) is 0 Å². The van der Waals surface area contributed by atoms with Gasteiger partial charge in [0.05, 0.1) is 18.5 Å². The van der Waals surface area contributed by atoms with Gasteiger partial charge in [-0.15, -0.1) is 26.6 Å². The summed E-state index contributed by atoms with van der Waals surface area (Å²) in [5.74, 6) is 1.77. The third kappa shape index (κ3) is 3.26. The summed E-state index contributed by atoms with van der Waals surface area (Å²) in [7, 11) is 1.59. The average Bonchev–Trinajstić information content (AvgIpc) is 3.27. The maximum atomic E-state index is 12.5. The van der Waals surface area contributed by atoms with Crippen molar-refractivity contribution in [3.8, 4) is 5.88 Å². The lowest BCUT2D eigenvalue weighted by Crippen LogP contribution is -2.39. The standard InChI is InChI=1S/C17H20N6O2S/c1-11-18-10-13(26-11)9-16(24)22-7-5-12(6-8-22)17-20-19-14-3-4-15(25-2)21-23(14)17/h3-4,10,12H,5-9H2,1-2H3. The number of hydrogen-bond donors (Lipinski definition) is 0. The predicted octanol–water partition coefficient (Wildman–Crippen LogP) is 1.85. The van der Waals surface area contributed by atoms with Crippen molar-refractivity contribution < 1.29 is 9.53 Å². The molecule has 0 radical (unpaired) electrons. The second-order valence-electron chi connectivity index (χ2n) is 6.38. The Bertz CT molecular complexity index is 928. The Labute approximate surface area is 154 Å². The first-order valence-electron chi connectivity index (χ1n) is 8.59. The van der Waals surface area contributed by atoms with Gasteiger partial charge in [-0.05, 0) is 25.8 Å². The topological polar surface area (TPSA) is 85.5 Å². The summed E-state index contributed by atoms with van der Waals surface area (Å²) in [6.07, 6.45) is 3.94. The summed E-state index contributed by atoms with van der Waals surface area (Å²) in [6, 6.07) is 3.62. The van der Waals surface area contributed by atoms with Crippen LogP contribution < -0.4 is 4.74 Å². The van der Waals surface area contributed by atoms with Gasteiger partial charge < -0.3 is 9.64 Å². The van der Waals surface area contributed by atoms with Crippen molar-refractivity contribution in [3.05, 3.63) is 34.0 Å². The van der Waals surface area contributed by atoms with Crippen LogP contribution in [0.25, 0.3) is 5.65 Å². The molecule has 1 saturated heterocycles. The van der Waals surface area contributed by atoms with Crippen LogP contribution in [-0.2, 0) is 11.2 Å². The zero-order chi connectivity index (χ0) is 18.1. The molecule has 1 fully saturated rings. The molecule has 1 aliphatic rings. The van der Waals surface area contributed by atoms with Crippen molar-refractivity contribution in [2.24, 2.45) is 0 Å². The Morgan fingerprint density at radius 1 is 1.31 bits per heavy atom. The summed E-state index contributed by atoms with van der Waals surface area (Å²) in [4.78, 5) is 19.7. The number of methoxy groups -OCH3 is 1. The number of amides is 1. The minimum absolute atomic E-state index is 0.165. The van der Waals surface area contributed by atoms with Crippen LogP contribution >= 0.6 is 11.3 Å². The van der Waals surface area contributed by atoms with E-state index >= 15 is 0 Å². The van der Waals surface area contributed by atoms with E-state index in [2.05, 4.69) is 20.3 Å². The number of aromatic nitrogens is 5. The van der Waals surface area contributed by atoms with Crippen molar-refractivity contribution >= 4 is 22.9 Å². The van der Waals surface area contributed by atoms with Gasteiger partial charge in [0.1, 0.15) is 0 Å². The summed E-state index contributed by atoms with van der Waals surface area (Å²) in [5.41, 5.74) is 0.708. The number of carbonyl (C=O) groups excluding carboxylic acids is 1. The molecule has 26 heavy (non-hydrogen) atoms. The van der Waals surface area contributed by atoms with Gasteiger partial charge in [0.25, 0.3) is 0 Å². The average molecular weight is 372 g/mol. The van der Waals surface area contributed by atoms with E-state index in [4.69, 9.17) is 4.74 Å². The fraction of sp³-hybridized carbons (Fsp3) is 0.471. The minimum atomic E-state index is 0.165. The maximum Gasteiger partial charge on any atom is 0.231 e. The van der Waals surface area contributed by atoms with Gasteiger partial charge in [-0.3, -0.25) is 4.79 Å². The molecular formula is C17H20N6O2S. The molecule has 0 atom stereocenters. The molecular weight excluding hydrogens is 352 g/mol. The largest absolute Gasteiger partial charge is 0.480 e. The Balaban J connectivity index is 1.42. The lowest BCUT2D eigenvalue weighted by molar-refractivity contribution is -0.131. The molecule has 9 heteroatoms. The lowest BCUT2D eigenvalue weighted by Gasteiger charge is -2.31. The first-order valence-corrected chi connectivity index (χ1v) is 9.41. The Morgan fingerprint density at radius 2 is 2.12 bits per heavy atom. The van der Waals surface area contributed by atoms with Crippen LogP contribution in [0.5, 0.6) is 5.88 Å². The Kier molecular flexibility index (Phi) is 4.54. The number of likely N-dealkylation sites (tertiary alicyclic amines) is 1. The summed E-state index contributed by atoms with van der Waals surface area (Å²) >= 11 is 1.58. The second kappa shape index (κ2) is 6.99. The van der Waals surface area contributed by atoms with Gasteiger partial charge >= 0.3 is 0 Å². The minimum Gasteiger partial charge on any atom is -0.480 e. The molecule has 0 aromatic carbocycles. The highest BCUT2D eigenvalue weighted by atomic mass is 32.1. The smallest absolute Gasteiger partial charge is 0.231 e. The number of ether oxygens (including phenoxy) is 1. The number of carbonyl (C=O) groups is 1. The second-order valence-corrected chi connectivity index (χ2v) is 7.70. The number of aryl methyl sites for hydroxylation is 1. The third-order valence-corrected chi connectivity index (χ3v) is 5.59. The van der Waals surface area contributed by atoms with Crippen molar-refractivity contribution in [2.75, 3.05) is 20.2 Å². The van der Waals surface area contributed by atoms with Crippen molar-refractivity contribution in [2.45, 2.75) is 32.1 Å². The van der Waals surface area contributed by atoms with Crippen LogP contribution in [-0.4, -0.2) is 55.8 Å². The Hall–Kier alpha value is -2.55. The van der Waals surface area contributed by atoms with Gasteiger partial charge in [0.2, 0.25) is 11.8 Å². The zero-order valence-electron chi connectivity index (χ0n) is 14.8. The maximum absolute atomic E-state index is 12.5. The first-order chi connectivity index (χ1) is 12.6. The summed E-state index contributed by atoms with van der Waals surface area (Å²) < 4.78 is 6.95. The lowest BCUT2D eigenvalue weighted by atomic mass is 9.96. The van der Waals surface area contributed by atoms with E-state index in [0.717, 1.165) is 41.6 Å². The number of piperidine rings is 1. The number of fused-ring (bicyclic) bond motifs is 1. The zero-order valence-corrected chi connectivity index (χ0v) is 15.6. The van der Waals surface area contributed by atoms with Gasteiger partial charge in [-0.2, -0.15) is 4.52 Å². The van der Waals surface area contributed by atoms with Gasteiger partial charge in [-0.25, -0.2) is 4.98 Å². The molecule has 0 saturated carbocycles. The molecule has 0 unspecified atom stereocenters. The molecule has 1 amide bonds. The van der Waals surface area contributed by atoms with Crippen LogP contribution in [0.4, 0.5) is 0 Å². The van der Waals surface area contributed by atoms with Crippen molar-refractivity contribution in [3.63, 3.8) is 0 Å². The summed E-state index contributed by atoms with van der Waals surface area (Å²) in [5, 5.41) is 13.9. The van der Waals surface area contributed by atoms with E-state index in [1.807, 2.05) is 17.9 Å². The number of hydrogen-bond acceptors (Lipinski definition) is 7. The quantitative estimate of drug-likeness (QED) is 0.695. The Morgan fingerprint density at radius 3 is 2.81 bits per heavy atom. The van der Waals surface area contributed by atoms with Crippen LogP contribution in [0.2, 0.25) is 0 Å². The van der Waals surface area contributed by atoms with E-state index in [9.17, 15) is 4.79 Å². The molecule has 4 rings (SSSR count). The number of rotatable bonds is 4. The van der Waals surface area contributed by atoms with Gasteiger partial charge in [-0.1, -0.05) is 0 Å². The molecule has 0 aliphatic carbocycles. The van der Waals surface area contributed by atoms with Crippen LogP contribution in [0.15, 0.2) is 18.3 Å². The predicted molar refractivity (Wildman–Crippen MR) is 96.4 cm³/mol. The van der Waals surface area contributed by atoms with E-state index in [0.29, 0.717) is 17.9 Å². The van der Waals surface area contributed by atoms with Gasteiger partial charge in [0.15, 0.2) is 11.5 Å². The van der Waals surface area contributed by atoms with E-state index in [1.54, 1.807) is 35.2 Å². The van der Waals surface area contributed by atoms with Gasteiger partial charge in [0, 0.05) is 36.1 Å². The van der Waals surface area contributed by atoms with E-state index < -0.39 is 0 Å². The fourth-order valence-electron chi connectivity index (χ4n) is 3.29. The SMILES string of the molecule is COc1ccc2nnc(C3CCN(C(=O)Cc4cnc(C)s4)CC3)n2n1. The molecule has 4 heterocycles. The highest BCUT2D eigenvalue weighted by molar-refractivity contribution is 7.11. The number of nitrogens with zero attached hydrogens (tertiary/aromatic N) is 6. The molecule has 3 aromatic heterocycles. The van der Waals surface area contributed by atoms with Crippen LogP contribution in [0.1, 0.15) is 34.5 Å². The van der Waals surface area contributed by atoms with Crippen molar-refractivity contribution in [1.82, 2.24) is 29.7 Å². The molecule has 136 valence electrons. The fourth-order valence-corrected chi connectivity index (χ4v) is 4.07. The molecule has 8 nitrogen and oxygen atoms in total. The number of thiazole rings is 1. The molecule has 3 aromatic rings. The monoisotopic (exact) mass is 372 g/mol. The normalized spacial score (nSPS) is 15.5. The highest BCUT2D eigenvalue weighted by Gasteiger charge is 2.27.